The third-order valence-electron chi connectivity index (χ3n) is 1.99. The number of aryl methyl sites for hydroxylation is 1. The van der Waals surface area contributed by atoms with Gasteiger partial charge in [-0.1, -0.05) is 23.6 Å². The molecule has 0 bridgehead atoms. The largest absolute Gasteiger partial charge is 0.325 e. The van der Waals surface area contributed by atoms with Gasteiger partial charge in [-0.05, 0) is 24.6 Å². The molecule has 0 fully saturated rings. The summed E-state index contributed by atoms with van der Waals surface area (Å²) in [5.41, 5.74) is 1.69. The summed E-state index contributed by atoms with van der Waals surface area (Å²) in [5.74, 6) is 2.26. The third kappa shape index (κ3) is 3.93. The van der Waals surface area contributed by atoms with Gasteiger partial charge in [0.15, 0.2) is 0 Å². The number of carbonyl (C=O) groups is 1. The first-order chi connectivity index (χ1) is 7.63. The Hall–Kier alpha value is -1.50. The van der Waals surface area contributed by atoms with Crippen LogP contribution in [0, 0.1) is 19.3 Å². The molecule has 0 atom stereocenters. The Balaban J connectivity index is 2.56. The van der Waals surface area contributed by atoms with Crippen LogP contribution in [-0.4, -0.2) is 19.0 Å². The van der Waals surface area contributed by atoms with Crippen molar-refractivity contribution < 1.29 is 4.79 Å². The van der Waals surface area contributed by atoms with Crippen molar-refractivity contribution in [1.82, 2.24) is 5.32 Å². The highest BCUT2D eigenvalue weighted by atomic mass is 35.5. The van der Waals surface area contributed by atoms with Crippen molar-refractivity contribution in [1.29, 1.82) is 0 Å². The van der Waals surface area contributed by atoms with Crippen LogP contribution < -0.4 is 10.6 Å². The molecule has 0 radical (unpaired) electrons. The molecule has 4 heteroatoms. The lowest BCUT2D eigenvalue weighted by Gasteiger charge is -2.08. The summed E-state index contributed by atoms with van der Waals surface area (Å²) in [6.07, 6.45) is 5.05. The molecule has 1 rings (SSSR count). The minimum Gasteiger partial charge on any atom is -0.325 e. The Morgan fingerprint density at radius 2 is 2.31 bits per heavy atom. The van der Waals surface area contributed by atoms with Crippen molar-refractivity contribution in [3.05, 3.63) is 28.8 Å². The Morgan fingerprint density at radius 3 is 3.00 bits per heavy atom. The number of terminal acetylenes is 1. The van der Waals surface area contributed by atoms with E-state index in [0.29, 0.717) is 11.6 Å². The molecule has 1 aromatic carbocycles. The van der Waals surface area contributed by atoms with Gasteiger partial charge in [0.2, 0.25) is 5.91 Å². The third-order valence-corrected chi connectivity index (χ3v) is 2.22. The zero-order valence-electron chi connectivity index (χ0n) is 9.01. The highest BCUT2D eigenvalue weighted by Gasteiger charge is 2.04. The van der Waals surface area contributed by atoms with Crippen molar-refractivity contribution in [2.45, 2.75) is 6.92 Å². The SMILES string of the molecule is C#CCNCC(=O)Nc1cc(Cl)ccc1C. The van der Waals surface area contributed by atoms with E-state index in [1.165, 1.54) is 0 Å². The number of halogens is 1. The van der Waals surface area contributed by atoms with Gasteiger partial charge in [0.1, 0.15) is 0 Å². The Bertz CT molecular complexity index is 424. The maximum atomic E-state index is 11.5. The van der Waals surface area contributed by atoms with E-state index in [9.17, 15) is 4.79 Å². The summed E-state index contributed by atoms with van der Waals surface area (Å²) in [6, 6.07) is 5.35. The molecule has 0 spiro atoms. The number of hydrogen-bond donors (Lipinski definition) is 2. The molecule has 84 valence electrons. The fourth-order valence-electron chi connectivity index (χ4n) is 1.17. The monoisotopic (exact) mass is 236 g/mol. The highest BCUT2D eigenvalue weighted by molar-refractivity contribution is 6.31. The van der Waals surface area contributed by atoms with Gasteiger partial charge in [-0.25, -0.2) is 0 Å². The van der Waals surface area contributed by atoms with Crippen molar-refractivity contribution >= 4 is 23.2 Å². The van der Waals surface area contributed by atoms with E-state index < -0.39 is 0 Å². The van der Waals surface area contributed by atoms with Crippen molar-refractivity contribution in [2.24, 2.45) is 0 Å². The summed E-state index contributed by atoms with van der Waals surface area (Å²) in [4.78, 5) is 11.5. The van der Waals surface area contributed by atoms with Gasteiger partial charge in [-0.3, -0.25) is 10.1 Å². The number of rotatable bonds is 4. The van der Waals surface area contributed by atoms with Crippen LogP contribution in [0.2, 0.25) is 5.02 Å². The molecule has 0 aliphatic heterocycles. The zero-order valence-corrected chi connectivity index (χ0v) is 9.77. The second-order valence-electron chi connectivity index (χ2n) is 3.32. The number of hydrogen-bond acceptors (Lipinski definition) is 2. The summed E-state index contributed by atoms with van der Waals surface area (Å²) in [7, 11) is 0. The van der Waals surface area contributed by atoms with E-state index in [-0.39, 0.29) is 12.5 Å². The second kappa shape index (κ2) is 6.16. The zero-order chi connectivity index (χ0) is 12.0. The van der Waals surface area contributed by atoms with E-state index in [0.717, 1.165) is 11.3 Å². The standard InChI is InChI=1S/C12H13ClN2O/c1-3-6-14-8-12(16)15-11-7-10(13)5-4-9(11)2/h1,4-5,7,14H,6,8H2,2H3,(H,15,16). The van der Waals surface area contributed by atoms with Gasteiger partial charge in [0.25, 0.3) is 0 Å². The lowest BCUT2D eigenvalue weighted by atomic mass is 10.2. The molecule has 1 aromatic rings. The van der Waals surface area contributed by atoms with Crippen LogP contribution in [0.15, 0.2) is 18.2 Å². The number of carbonyl (C=O) groups excluding carboxylic acids is 1. The van der Waals surface area contributed by atoms with Gasteiger partial charge in [-0.2, -0.15) is 0 Å². The van der Waals surface area contributed by atoms with Gasteiger partial charge in [0.05, 0.1) is 13.1 Å². The van der Waals surface area contributed by atoms with Crippen molar-refractivity contribution in [2.75, 3.05) is 18.4 Å². The van der Waals surface area contributed by atoms with E-state index in [1.54, 1.807) is 12.1 Å². The second-order valence-corrected chi connectivity index (χ2v) is 3.75. The maximum absolute atomic E-state index is 11.5. The molecule has 3 nitrogen and oxygen atoms in total. The van der Waals surface area contributed by atoms with E-state index in [2.05, 4.69) is 16.6 Å². The molecule has 0 aliphatic carbocycles. The summed E-state index contributed by atoms with van der Waals surface area (Å²) in [6.45, 7) is 2.47. The van der Waals surface area contributed by atoms with Crippen LogP contribution in [0.25, 0.3) is 0 Å². The highest BCUT2D eigenvalue weighted by Crippen LogP contribution is 2.19. The minimum absolute atomic E-state index is 0.138. The minimum atomic E-state index is -0.138. The van der Waals surface area contributed by atoms with Gasteiger partial charge in [-0.15, -0.1) is 6.42 Å². The molecule has 0 unspecified atom stereocenters. The first-order valence-electron chi connectivity index (χ1n) is 4.83. The van der Waals surface area contributed by atoms with E-state index >= 15 is 0 Å². The van der Waals surface area contributed by atoms with E-state index in [1.807, 2.05) is 13.0 Å². The molecule has 1 amide bonds. The average molecular weight is 237 g/mol. The summed E-state index contributed by atoms with van der Waals surface area (Å²) < 4.78 is 0. The predicted molar refractivity (Wildman–Crippen MR) is 66.5 cm³/mol. The predicted octanol–water partition coefficient (Wildman–Crippen LogP) is 1.81. The molecule has 0 aromatic heterocycles. The molecule has 0 saturated carbocycles. The van der Waals surface area contributed by atoms with Crippen molar-refractivity contribution in [3.8, 4) is 12.3 Å². The van der Waals surface area contributed by atoms with Crippen LogP contribution in [-0.2, 0) is 4.79 Å². The van der Waals surface area contributed by atoms with Crippen LogP contribution in [0.4, 0.5) is 5.69 Å². The van der Waals surface area contributed by atoms with Crippen LogP contribution >= 0.6 is 11.6 Å². The fraction of sp³-hybridized carbons (Fsp3) is 0.250. The summed E-state index contributed by atoms with van der Waals surface area (Å²) >= 11 is 5.83. The maximum Gasteiger partial charge on any atom is 0.238 e. The molecule has 16 heavy (non-hydrogen) atoms. The average Bonchev–Trinajstić information content (AvgIpc) is 2.24. The first-order valence-corrected chi connectivity index (χ1v) is 5.21. The number of nitrogens with one attached hydrogen (secondary N) is 2. The number of anilines is 1. The van der Waals surface area contributed by atoms with Crippen LogP contribution in [0.1, 0.15) is 5.56 Å². The topological polar surface area (TPSA) is 41.1 Å². The Kier molecular flexibility index (Phi) is 4.84. The van der Waals surface area contributed by atoms with Gasteiger partial charge in [0, 0.05) is 10.7 Å². The van der Waals surface area contributed by atoms with Crippen LogP contribution in [0.5, 0.6) is 0 Å². The smallest absolute Gasteiger partial charge is 0.238 e. The number of benzene rings is 1. The summed E-state index contributed by atoms with van der Waals surface area (Å²) in [5, 5.41) is 6.16. The molecular weight excluding hydrogens is 224 g/mol. The van der Waals surface area contributed by atoms with Gasteiger partial charge >= 0.3 is 0 Å². The molecule has 2 N–H and O–H groups in total. The van der Waals surface area contributed by atoms with Gasteiger partial charge < -0.3 is 5.32 Å². The number of amides is 1. The van der Waals surface area contributed by atoms with E-state index in [4.69, 9.17) is 18.0 Å². The normalized spacial score (nSPS) is 9.56. The molecular formula is C12H13ClN2O. The Morgan fingerprint density at radius 1 is 1.56 bits per heavy atom. The molecule has 0 saturated heterocycles. The quantitative estimate of drug-likeness (QED) is 0.619. The fourth-order valence-corrected chi connectivity index (χ4v) is 1.34. The molecule has 0 aliphatic rings. The van der Waals surface area contributed by atoms with Crippen LogP contribution in [0.3, 0.4) is 0 Å². The Labute approximate surface area is 100 Å². The lowest BCUT2D eigenvalue weighted by Crippen LogP contribution is -2.28. The first kappa shape index (κ1) is 12.6. The van der Waals surface area contributed by atoms with Crippen molar-refractivity contribution in [3.63, 3.8) is 0 Å². The lowest BCUT2D eigenvalue weighted by molar-refractivity contribution is -0.115. The molecule has 0 heterocycles.